The molecule has 1 aliphatic rings. The molecular formula is C22H33N4O2S+. The normalized spacial score (nSPS) is 16.5. The Bertz CT molecular complexity index is 890. The van der Waals surface area contributed by atoms with Gasteiger partial charge in [0.25, 0.3) is 5.56 Å². The van der Waals surface area contributed by atoms with Crippen molar-refractivity contribution in [2.75, 3.05) is 40.3 Å². The molecule has 1 aromatic heterocycles. The third-order valence-corrected chi connectivity index (χ3v) is 5.71. The van der Waals surface area contributed by atoms with Crippen LogP contribution in [0.4, 0.5) is 0 Å². The van der Waals surface area contributed by atoms with Crippen LogP contribution in [0.2, 0.25) is 0 Å². The highest BCUT2D eigenvalue weighted by Crippen LogP contribution is 2.17. The van der Waals surface area contributed by atoms with Gasteiger partial charge >= 0.3 is 0 Å². The molecule has 29 heavy (non-hydrogen) atoms. The average molecular weight is 418 g/mol. The van der Waals surface area contributed by atoms with E-state index in [2.05, 4.69) is 41.4 Å². The molecule has 0 radical (unpaired) electrons. The predicted octanol–water partition coefficient (Wildman–Crippen LogP) is 1.23. The number of benzene rings is 1. The molecule has 0 aliphatic carbocycles. The van der Waals surface area contributed by atoms with Gasteiger partial charge in [-0.1, -0.05) is 12.1 Å². The second-order valence-electron chi connectivity index (χ2n) is 8.27. The fraction of sp³-hybridized carbons (Fsp3) is 0.545. The standard InChI is InChI=1S/C22H32N4O2S/c1-16-7-8-17-13-18(21(27)24-20(17)12-16)14-26(15-19-6-4-11-28-19)22(29)23-9-5-10-25(2)3/h7-8,12-13,19H,4-6,9-11,14-15H2,1-3H3,(H,23,29)(H,24,27)/p+1/t19-/m1/s1. The minimum absolute atomic E-state index is 0.0561. The Morgan fingerprint density at radius 3 is 2.93 bits per heavy atom. The van der Waals surface area contributed by atoms with E-state index in [0.717, 1.165) is 61.0 Å². The van der Waals surface area contributed by atoms with Crippen LogP contribution in [0, 0.1) is 6.92 Å². The number of thiocarbonyl (C=S) groups is 1. The van der Waals surface area contributed by atoms with Gasteiger partial charge < -0.3 is 24.8 Å². The first kappa shape index (κ1) is 21.7. The van der Waals surface area contributed by atoms with Gasteiger partial charge in [-0.05, 0) is 55.1 Å². The number of nitrogens with zero attached hydrogens (tertiary/aromatic N) is 1. The maximum absolute atomic E-state index is 12.7. The summed E-state index contributed by atoms with van der Waals surface area (Å²) >= 11 is 5.68. The Morgan fingerprint density at radius 2 is 2.21 bits per heavy atom. The highest BCUT2D eigenvalue weighted by atomic mass is 32.1. The van der Waals surface area contributed by atoms with Crippen LogP contribution in [-0.2, 0) is 11.3 Å². The first-order valence-corrected chi connectivity index (χ1v) is 10.9. The number of nitrogens with one attached hydrogen (secondary N) is 3. The van der Waals surface area contributed by atoms with Gasteiger partial charge in [-0.3, -0.25) is 4.79 Å². The van der Waals surface area contributed by atoms with E-state index in [4.69, 9.17) is 17.0 Å². The fourth-order valence-corrected chi connectivity index (χ4v) is 3.93. The molecule has 158 valence electrons. The zero-order valence-electron chi connectivity index (χ0n) is 17.7. The second-order valence-corrected chi connectivity index (χ2v) is 8.66. The molecule has 0 spiro atoms. The quantitative estimate of drug-likeness (QED) is 0.445. The van der Waals surface area contributed by atoms with Crippen LogP contribution >= 0.6 is 12.2 Å². The molecule has 0 unspecified atom stereocenters. The van der Waals surface area contributed by atoms with Crippen molar-refractivity contribution in [3.8, 4) is 0 Å². The number of fused-ring (bicyclic) bond motifs is 1. The number of quaternary nitrogens is 1. The number of pyridine rings is 1. The minimum atomic E-state index is -0.0561. The largest absolute Gasteiger partial charge is 0.376 e. The number of ether oxygens (including phenoxy) is 1. The van der Waals surface area contributed by atoms with Gasteiger partial charge in [0.2, 0.25) is 0 Å². The zero-order valence-corrected chi connectivity index (χ0v) is 18.5. The lowest BCUT2D eigenvalue weighted by atomic mass is 10.1. The van der Waals surface area contributed by atoms with E-state index >= 15 is 0 Å². The van der Waals surface area contributed by atoms with Crippen LogP contribution in [0.5, 0.6) is 0 Å². The van der Waals surface area contributed by atoms with E-state index in [1.54, 1.807) is 0 Å². The number of hydrogen-bond acceptors (Lipinski definition) is 3. The number of aromatic nitrogens is 1. The third kappa shape index (κ3) is 6.26. The van der Waals surface area contributed by atoms with Gasteiger partial charge in [-0.15, -0.1) is 0 Å². The number of aromatic amines is 1. The van der Waals surface area contributed by atoms with Crippen LogP contribution in [0.3, 0.4) is 0 Å². The summed E-state index contributed by atoms with van der Waals surface area (Å²) in [5.74, 6) is 0. The van der Waals surface area contributed by atoms with Crippen molar-refractivity contribution in [1.82, 2.24) is 15.2 Å². The van der Waals surface area contributed by atoms with Crippen molar-refractivity contribution in [2.45, 2.75) is 38.8 Å². The van der Waals surface area contributed by atoms with Crippen molar-refractivity contribution in [2.24, 2.45) is 0 Å². The average Bonchev–Trinajstić information content (AvgIpc) is 3.18. The Hall–Kier alpha value is -1.96. The molecule has 0 amide bonds. The summed E-state index contributed by atoms with van der Waals surface area (Å²) in [6, 6.07) is 8.10. The van der Waals surface area contributed by atoms with E-state index in [1.165, 1.54) is 4.90 Å². The number of hydrogen-bond donors (Lipinski definition) is 3. The van der Waals surface area contributed by atoms with E-state index in [1.807, 2.05) is 19.1 Å². The fourth-order valence-electron chi connectivity index (χ4n) is 3.69. The van der Waals surface area contributed by atoms with Gasteiger partial charge in [-0.2, -0.15) is 0 Å². The first-order valence-electron chi connectivity index (χ1n) is 10.5. The molecule has 0 saturated carbocycles. The molecule has 2 aromatic rings. The molecule has 1 aliphatic heterocycles. The summed E-state index contributed by atoms with van der Waals surface area (Å²) in [5, 5.41) is 5.10. The summed E-state index contributed by atoms with van der Waals surface area (Å²) in [5.41, 5.74) is 2.67. The predicted molar refractivity (Wildman–Crippen MR) is 122 cm³/mol. The maximum Gasteiger partial charge on any atom is 0.253 e. The lowest BCUT2D eigenvalue weighted by Crippen LogP contribution is -3.05. The van der Waals surface area contributed by atoms with Crippen molar-refractivity contribution in [3.05, 3.63) is 45.7 Å². The molecule has 2 heterocycles. The Kier molecular flexibility index (Phi) is 7.64. The summed E-state index contributed by atoms with van der Waals surface area (Å²) in [4.78, 5) is 19.2. The van der Waals surface area contributed by atoms with Crippen LogP contribution in [0.15, 0.2) is 29.1 Å². The molecule has 1 aromatic carbocycles. The van der Waals surface area contributed by atoms with E-state index in [0.29, 0.717) is 18.2 Å². The number of rotatable bonds is 8. The Balaban J connectivity index is 1.74. The van der Waals surface area contributed by atoms with Gasteiger partial charge in [0, 0.05) is 37.2 Å². The SMILES string of the molecule is Cc1ccc2cc(CN(C[C@H]3CCCO3)C(=S)NCCC[NH+](C)C)c(=O)[nH]c2c1. The zero-order chi connectivity index (χ0) is 20.8. The van der Waals surface area contributed by atoms with Gasteiger partial charge in [0.05, 0.1) is 33.3 Å². The maximum atomic E-state index is 12.7. The third-order valence-electron chi connectivity index (χ3n) is 5.30. The molecule has 1 atom stereocenters. The Labute approximate surface area is 178 Å². The molecule has 1 saturated heterocycles. The molecule has 7 heteroatoms. The van der Waals surface area contributed by atoms with Gasteiger partial charge in [-0.25, -0.2) is 0 Å². The molecular weight excluding hydrogens is 384 g/mol. The summed E-state index contributed by atoms with van der Waals surface area (Å²) in [6.07, 6.45) is 3.34. The highest BCUT2D eigenvalue weighted by Gasteiger charge is 2.22. The summed E-state index contributed by atoms with van der Waals surface area (Å²) in [6.45, 7) is 5.93. The molecule has 0 bridgehead atoms. The van der Waals surface area contributed by atoms with Gasteiger partial charge in [0.1, 0.15) is 0 Å². The monoisotopic (exact) mass is 417 g/mol. The molecule has 1 fully saturated rings. The van der Waals surface area contributed by atoms with E-state index < -0.39 is 0 Å². The van der Waals surface area contributed by atoms with E-state index in [-0.39, 0.29) is 11.7 Å². The van der Waals surface area contributed by atoms with E-state index in [9.17, 15) is 4.79 Å². The topological polar surface area (TPSA) is 61.8 Å². The highest BCUT2D eigenvalue weighted by molar-refractivity contribution is 7.80. The summed E-state index contributed by atoms with van der Waals surface area (Å²) in [7, 11) is 4.30. The van der Waals surface area contributed by atoms with Crippen LogP contribution in [0.1, 0.15) is 30.4 Å². The Morgan fingerprint density at radius 1 is 1.38 bits per heavy atom. The van der Waals surface area contributed by atoms with Crippen LogP contribution in [0.25, 0.3) is 10.9 Å². The summed E-state index contributed by atoms with van der Waals surface area (Å²) < 4.78 is 5.82. The molecule has 3 N–H and O–H groups in total. The van der Waals surface area contributed by atoms with Crippen molar-refractivity contribution in [3.63, 3.8) is 0 Å². The van der Waals surface area contributed by atoms with Crippen LogP contribution in [-0.4, -0.2) is 61.4 Å². The van der Waals surface area contributed by atoms with Crippen LogP contribution < -0.4 is 15.8 Å². The van der Waals surface area contributed by atoms with Gasteiger partial charge in [0.15, 0.2) is 5.11 Å². The van der Waals surface area contributed by atoms with Crippen molar-refractivity contribution in [1.29, 1.82) is 0 Å². The van der Waals surface area contributed by atoms with Crippen molar-refractivity contribution < 1.29 is 9.64 Å². The second kappa shape index (κ2) is 10.2. The molecule has 6 nitrogen and oxygen atoms in total. The lowest BCUT2D eigenvalue weighted by molar-refractivity contribution is -0.858. The lowest BCUT2D eigenvalue weighted by Gasteiger charge is -2.28. The first-order chi connectivity index (χ1) is 13.9. The minimum Gasteiger partial charge on any atom is -0.376 e. The van der Waals surface area contributed by atoms with Crippen molar-refractivity contribution >= 4 is 28.2 Å². The number of H-pyrrole nitrogens is 1. The number of aryl methyl sites for hydroxylation is 1. The molecule has 3 rings (SSSR count). The smallest absolute Gasteiger partial charge is 0.253 e.